The molecule has 0 saturated heterocycles. The molecule has 2 N–H and O–H groups in total. The molecule has 0 rings (SSSR count). The summed E-state index contributed by atoms with van der Waals surface area (Å²) in [6, 6.07) is -0.214. The second kappa shape index (κ2) is 8.78. The van der Waals surface area contributed by atoms with Gasteiger partial charge >= 0.3 is 12.0 Å². The first-order valence-electron chi connectivity index (χ1n) is 6.63. The van der Waals surface area contributed by atoms with Crippen molar-refractivity contribution in [2.75, 3.05) is 19.7 Å². The number of hydrogen-bond donors (Lipinski definition) is 2. The number of urea groups is 1. The Morgan fingerprint density at radius 2 is 1.72 bits per heavy atom. The van der Waals surface area contributed by atoms with E-state index in [9.17, 15) is 9.59 Å². The Labute approximate surface area is 110 Å². The molecular weight excluding hydrogens is 232 g/mol. The van der Waals surface area contributed by atoms with Gasteiger partial charge in [0.1, 0.15) is 6.61 Å². The summed E-state index contributed by atoms with van der Waals surface area (Å²) in [6.07, 6.45) is 2.74. The second-order valence-electron chi connectivity index (χ2n) is 4.91. The lowest BCUT2D eigenvalue weighted by atomic mass is 9.91. The topological polar surface area (TPSA) is 67.4 Å². The van der Waals surface area contributed by atoms with E-state index in [0.717, 1.165) is 19.3 Å². The zero-order valence-electron chi connectivity index (χ0n) is 12.0. The van der Waals surface area contributed by atoms with Crippen molar-refractivity contribution in [3.8, 4) is 0 Å². The lowest BCUT2D eigenvalue weighted by molar-refractivity contribution is -0.153. The highest BCUT2D eigenvalue weighted by Crippen LogP contribution is 2.21. The molecule has 5 nitrogen and oxygen atoms in total. The Morgan fingerprint density at radius 3 is 2.28 bits per heavy atom. The highest BCUT2D eigenvalue weighted by atomic mass is 16.5. The number of esters is 1. The Hall–Kier alpha value is -1.26. The van der Waals surface area contributed by atoms with Crippen LogP contribution in [0, 0.1) is 5.41 Å². The SMILES string of the molecule is CCCCNC(=O)NCCOC(=O)C(C)(C)CC. The third-order valence-electron chi connectivity index (χ3n) is 2.87. The van der Waals surface area contributed by atoms with Crippen LogP contribution in [0.15, 0.2) is 0 Å². The summed E-state index contributed by atoms with van der Waals surface area (Å²) >= 11 is 0. The van der Waals surface area contributed by atoms with Gasteiger partial charge in [0.05, 0.1) is 12.0 Å². The minimum Gasteiger partial charge on any atom is -0.463 e. The molecule has 5 heteroatoms. The molecule has 0 aromatic carbocycles. The molecule has 0 aromatic rings. The monoisotopic (exact) mass is 258 g/mol. The Balaban J connectivity index is 3.62. The van der Waals surface area contributed by atoms with Crippen LogP contribution in [-0.2, 0) is 9.53 Å². The fourth-order valence-electron chi connectivity index (χ4n) is 1.09. The average Bonchev–Trinajstić information content (AvgIpc) is 2.34. The zero-order valence-corrected chi connectivity index (χ0v) is 12.0. The van der Waals surface area contributed by atoms with E-state index in [0.29, 0.717) is 13.1 Å². The van der Waals surface area contributed by atoms with E-state index in [4.69, 9.17) is 4.74 Å². The van der Waals surface area contributed by atoms with Crippen molar-refractivity contribution in [1.82, 2.24) is 10.6 Å². The number of unbranched alkanes of at least 4 members (excludes halogenated alkanes) is 1. The summed E-state index contributed by atoms with van der Waals surface area (Å²) in [6.45, 7) is 8.92. The molecule has 0 heterocycles. The molecule has 18 heavy (non-hydrogen) atoms. The van der Waals surface area contributed by atoms with Crippen LogP contribution >= 0.6 is 0 Å². The van der Waals surface area contributed by atoms with Crippen molar-refractivity contribution in [1.29, 1.82) is 0 Å². The first-order chi connectivity index (χ1) is 8.44. The van der Waals surface area contributed by atoms with E-state index in [1.165, 1.54) is 0 Å². The van der Waals surface area contributed by atoms with Crippen molar-refractivity contribution in [2.24, 2.45) is 5.41 Å². The van der Waals surface area contributed by atoms with Crippen LogP contribution in [0.5, 0.6) is 0 Å². The van der Waals surface area contributed by atoms with Gasteiger partial charge in [-0.25, -0.2) is 4.79 Å². The summed E-state index contributed by atoms with van der Waals surface area (Å²) in [7, 11) is 0. The number of amides is 2. The highest BCUT2D eigenvalue weighted by molar-refractivity contribution is 5.76. The normalized spacial score (nSPS) is 10.9. The summed E-state index contributed by atoms with van der Waals surface area (Å²) < 4.78 is 5.09. The van der Waals surface area contributed by atoms with Gasteiger partial charge in [-0.1, -0.05) is 20.3 Å². The van der Waals surface area contributed by atoms with E-state index < -0.39 is 5.41 Å². The third kappa shape index (κ3) is 7.14. The third-order valence-corrected chi connectivity index (χ3v) is 2.87. The number of carbonyl (C=O) groups excluding carboxylic acids is 2. The van der Waals surface area contributed by atoms with Gasteiger partial charge < -0.3 is 15.4 Å². The van der Waals surface area contributed by atoms with Crippen molar-refractivity contribution in [3.05, 3.63) is 0 Å². The van der Waals surface area contributed by atoms with E-state index in [1.54, 1.807) is 0 Å². The smallest absolute Gasteiger partial charge is 0.314 e. The summed E-state index contributed by atoms with van der Waals surface area (Å²) in [5, 5.41) is 5.36. The van der Waals surface area contributed by atoms with Crippen LogP contribution in [-0.4, -0.2) is 31.7 Å². The summed E-state index contributed by atoms with van der Waals surface area (Å²) in [5.74, 6) is -0.224. The number of hydrogen-bond acceptors (Lipinski definition) is 3. The van der Waals surface area contributed by atoms with Crippen LogP contribution in [0.2, 0.25) is 0 Å². The van der Waals surface area contributed by atoms with E-state index in [2.05, 4.69) is 17.6 Å². The maximum atomic E-state index is 11.6. The maximum Gasteiger partial charge on any atom is 0.314 e. The molecule has 0 bridgehead atoms. The standard InChI is InChI=1S/C13H26N2O3/c1-5-7-8-14-12(17)15-9-10-18-11(16)13(3,4)6-2/h5-10H2,1-4H3,(H2,14,15,17). The quantitative estimate of drug-likeness (QED) is 0.517. The lowest BCUT2D eigenvalue weighted by Gasteiger charge is -2.20. The van der Waals surface area contributed by atoms with Crippen LogP contribution in [0.1, 0.15) is 47.0 Å². The molecule has 0 saturated carbocycles. The van der Waals surface area contributed by atoms with Crippen LogP contribution in [0.3, 0.4) is 0 Å². The largest absolute Gasteiger partial charge is 0.463 e. The second-order valence-corrected chi connectivity index (χ2v) is 4.91. The number of nitrogens with one attached hydrogen (secondary N) is 2. The molecule has 0 aliphatic rings. The van der Waals surface area contributed by atoms with Crippen LogP contribution < -0.4 is 10.6 Å². The maximum absolute atomic E-state index is 11.6. The molecule has 0 aliphatic heterocycles. The minimum absolute atomic E-state index is 0.212. The first-order valence-corrected chi connectivity index (χ1v) is 6.63. The Morgan fingerprint density at radius 1 is 1.11 bits per heavy atom. The van der Waals surface area contributed by atoms with Gasteiger partial charge in [-0.05, 0) is 26.7 Å². The molecule has 2 amide bonds. The van der Waals surface area contributed by atoms with Crippen LogP contribution in [0.25, 0.3) is 0 Å². The number of carbonyl (C=O) groups is 2. The Bertz CT molecular complexity index is 265. The average molecular weight is 258 g/mol. The predicted octanol–water partition coefficient (Wildman–Crippen LogP) is 2.07. The molecule has 106 valence electrons. The molecule has 0 aliphatic carbocycles. The number of ether oxygens (including phenoxy) is 1. The van der Waals surface area contributed by atoms with Gasteiger partial charge in [0.25, 0.3) is 0 Å². The van der Waals surface area contributed by atoms with Crippen molar-refractivity contribution < 1.29 is 14.3 Å². The van der Waals surface area contributed by atoms with E-state index in [1.807, 2.05) is 20.8 Å². The molecule has 0 atom stereocenters. The summed E-state index contributed by atoms with van der Waals surface area (Å²) in [5.41, 5.74) is -0.455. The van der Waals surface area contributed by atoms with Crippen molar-refractivity contribution in [3.63, 3.8) is 0 Å². The van der Waals surface area contributed by atoms with Gasteiger partial charge in [0, 0.05) is 6.54 Å². The molecule has 0 fully saturated rings. The molecule has 0 spiro atoms. The zero-order chi connectivity index (χ0) is 14.0. The molecule has 0 unspecified atom stereocenters. The molecular formula is C13H26N2O3. The predicted molar refractivity (Wildman–Crippen MR) is 71.3 cm³/mol. The Kier molecular flexibility index (Phi) is 8.16. The number of rotatable bonds is 8. The lowest BCUT2D eigenvalue weighted by Crippen LogP contribution is -2.38. The van der Waals surface area contributed by atoms with Gasteiger partial charge in [-0.3, -0.25) is 4.79 Å². The van der Waals surface area contributed by atoms with Gasteiger partial charge in [0.15, 0.2) is 0 Å². The fraction of sp³-hybridized carbons (Fsp3) is 0.846. The first kappa shape index (κ1) is 16.7. The van der Waals surface area contributed by atoms with Crippen molar-refractivity contribution in [2.45, 2.75) is 47.0 Å². The van der Waals surface area contributed by atoms with E-state index >= 15 is 0 Å². The van der Waals surface area contributed by atoms with Crippen LogP contribution in [0.4, 0.5) is 4.79 Å². The molecule has 0 radical (unpaired) electrons. The fourth-order valence-corrected chi connectivity index (χ4v) is 1.09. The molecule has 0 aromatic heterocycles. The van der Waals surface area contributed by atoms with Gasteiger partial charge in [-0.2, -0.15) is 0 Å². The summed E-state index contributed by atoms with van der Waals surface area (Å²) in [4.78, 5) is 22.9. The van der Waals surface area contributed by atoms with Crippen molar-refractivity contribution >= 4 is 12.0 Å². The van der Waals surface area contributed by atoms with E-state index in [-0.39, 0.29) is 18.6 Å². The van der Waals surface area contributed by atoms with Gasteiger partial charge in [0.2, 0.25) is 0 Å². The highest BCUT2D eigenvalue weighted by Gasteiger charge is 2.26. The minimum atomic E-state index is -0.455. The van der Waals surface area contributed by atoms with Gasteiger partial charge in [-0.15, -0.1) is 0 Å².